The molecule has 2 aromatic rings. The van der Waals surface area contributed by atoms with Crippen molar-refractivity contribution in [3.8, 4) is 0 Å². The van der Waals surface area contributed by atoms with Gasteiger partial charge in [-0.2, -0.15) is 0 Å². The number of hydrogen-bond donors (Lipinski definition) is 1. The number of carbonyl (C=O) groups excluding carboxylic acids is 1. The van der Waals surface area contributed by atoms with E-state index < -0.39 is 0 Å². The van der Waals surface area contributed by atoms with Crippen LogP contribution in [0.1, 0.15) is 27.9 Å². The first-order valence-corrected chi connectivity index (χ1v) is 8.69. The smallest absolute Gasteiger partial charge is 0.248 e. The van der Waals surface area contributed by atoms with Crippen molar-refractivity contribution in [3.05, 3.63) is 77.4 Å². The third-order valence-electron chi connectivity index (χ3n) is 5.07. The van der Waals surface area contributed by atoms with Crippen LogP contribution in [-0.4, -0.2) is 36.1 Å². The van der Waals surface area contributed by atoms with E-state index in [1.54, 1.807) is 6.07 Å². The summed E-state index contributed by atoms with van der Waals surface area (Å²) in [5.74, 6) is -0.382. The second-order valence-corrected chi connectivity index (χ2v) is 6.76. The fourth-order valence-electron chi connectivity index (χ4n) is 3.79. The summed E-state index contributed by atoms with van der Waals surface area (Å²) in [7, 11) is 0. The van der Waals surface area contributed by atoms with Crippen LogP contribution in [0, 0.1) is 0 Å². The lowest BCUT2D eigenvalue weighted by atomic mass is 9.89. The normalized spacial score (nSPS) is 23.1. The van der Waals surface area contributed by atoms with Crippen molar-refractivity contribution in [1.82, 2.24) is 4.90 Å². The number of nitrogens with two attached hydrogens (primary N) is 1. The Kier molecular flexibility index (Phi) is 4.38. The number of morpholine rings is 1. The molecule has 2 aromatic carbocycles. The molecule has 4 nitrogen and oxygen atoms in total. The molecule has 1 amide bonds. The van der Waals surface area contributed by atoms with E-state index >= 15 is 0 Å². The van der Waals surface area contributed by atoms with E-state index in [1.165, 1.54) is 11.1 Å². The molecule has 2 unspecified atom stereocenters. The number of ether oxygens (including phenoxy) is 1. The van der Waals surface area contributed by atoms with E-state index in [0.717, 1.165) is 25.1 Å². The first-order valence-electron chi connectivity index (χ1n) is 8.69. The number of primary amides is 1. The van der Waals surface area contributed by atoms with Gasteiger partial charge in [0, 0.05) is 18.2 Å². The van der Waals surface area contributed by atoms with E-state index in [9.17, 15) is 4.79 Å². The van der Waals surface area contributed by atoms with Crippen molar-refractivity contribution in [3.63, 3.8) is 0 Å². The molecule has 128 valence electrons. The highest BCUT2D eigenvalue weighted by atomic mass is 16.5. The van der Waals surface area contributed by atoms with Crippen LogP contribution in [0.3, 0.4) is 0 Å². The molecule has 0 aliphatic carbocycles. The lowest BCUT2D eigenvalue weighted by molar-refractivity contribution is -0.0402. The first kappa shape index (κ1) is 16.1. The molecule has 25 heavy (non-hydrogen) atoms. The maximum atomic E-state index is 11.5. The average molecular weight is 334 g/mol. The van der Waals surface area contributed by atoms with Crippen LogP contribution in [0.25, 0.3) is 5.57 Å². The van der Waals surface area contributed by atoms with Gasteiger partial charge in [-0.05, 0) is 35.3 Å². The first-order chi connectivity index (χ1) is 12.2. The van der Waals surface area contributed by atoms with Crippen LogP contribution in [0.5, 0.6) is 0 Å². The molecule has 0 saturated carbocycles. The molecule has 2 aliphatic rings. The number of benzene rings is 2. The minimum absolute atomic E-state index is 0.264. The molecular weight excluding hydrogens is 312 g/mol. The zero-order chi connectivity index (χ0) is 17.2. The van der Waals surface area contributed by atoms with Gasteiger partial charge in [-0.3, -0.25) is 9.69 Å². The molecule has 2 bridgehead atoms. The molecule has 2 N–H and O–H groups in total. The van der Waals surface area contributed by atoms with E-state index in [1.807, 2.05) is 18.2 Å². The van der Waals surface area contributed by atoms with E-state index in [2.05, 4.69) is 41.3 Å². The summed E-state index contributed by atoms with van der Waals surface area (Å²) >= 11 is 0. The highest BCUT2D eigenvalue weighted by Gasteiger charge is 2.34. The number of carbonyl (C=O) groups is 1. The Morgan fingerprint density at radius 2 is 1.96 bits per heavy atom. The number of amides is 1. The fraction of sp³-hybridized carbons (Fsp3) is 0.286. The molecule has 2 heterocycles. The largest absolute Gasteiger partial charge is 0.378 e. The van der Waals surface area contributed by atoms with Crippen molar-refractivity contribution in [2.45, 2.75) is 25.0 Å². The van der Waals surface area contributed by atoms with Gasteiger partial charge in [0.2, 0.25) is 5.91 Å². The van der Waals surface area contributed by atoms with Gasteiger partial charge in [-0.25, -0.2) is 0 Å². The molecule has 0 aromatic heterocycles. The van der Waals surface area contributed by atoms with Crippen LogP contribution in [0.4, 0.5) is 0 Å². The Morgan fingerprint density at radius 1 is 1.12 bits per heavy atom. The summed E-state index contributed by atoms with van der Waals surface area (Å²) in [4.78, 5) is 14.0. The molecule has 1 fully saturated rings. The van der Waals surface area contributed by atoms with E-state index in [-0.39, 0.29) is 11.9 Å². The van der Waals surface area contributed by atoms with Crippen molar-refractivity contribution in [2.75, 3.05) is 13.2 Å². The molecule has 2 atom stereocenters. The van der Waals surface area contributed by atoms with Gasteiger partial charge < -0.3 is 10.5 Å². The topological polar surface area (TPSA) is 55.6 Å². The minimum Gasteiger partial charge on any atom is -0.378 e. The highest BCUT2D eigenvalue weighted by Crippen LogP contribution is 2.33. The monoisotopic (exact) mass is 334 g/mol. The van der Waals surface area contributed by atoms with Crippen molar-refractivity contribution in [1.29, 1.82) is 0 Å². The van der Waals surface area contributed by atoms with E-state index in [4.69, 9.17) is 10.5 Å². The molecule has 0 spiro atoms. The number of fused-ring (bicyclic) bond motifs is 2. The van der Waals surface area contributed by atoms with Crippen LogP contribution < -0.4 is 5.73 Å². The second kappa shape index (κ2) is 6.82. The quantitative estimate of drug-likeness (QED) is 0.935. The lowest BCUT2D eigenvalue weighted by Gasteiger charge is -2.45. The lowest BCUT2D eigenvalue weighted by Crippen LogP contribution is -2.53. The SMILES string of the molecule is NC(=O)c1cccc(C2=CC3COCC(C2)N3Cc2ccccc2)c1. The Morgan fingerprint density at radius 3 is 2.72 bits per heavy atom. The Hall–Kier alpha value is -2.43. The van der Waals surface area contributed by atoms with Crippen LogP contribution in [0.2, 0.25) is 0 Å². The molecule has 0 radical (unpaired) electrons. The third kappa shape index (κ3) is 3.36. The van der Waals surface area contributed by atoms with Gasteiger partial charge in [-0.1, -0.05) is 48.5 Å². The van der Waals surface area contributed by atoms with Crippen LogP contribution in [-0.2, 0) is 11.3 Å². The maximum absolute atomic E-state index is 11.5. The van der Waals surface area contributed by atoms with Gasteiger partial charge >= 0.3 is 0 Å². The van der Waals surface area contributed by atoms with Gasteiger partial charge in [0.1, 0.15) is 0 Å². The molecule has 1 saturated heterocycles. The second-order valence-electron chi connectivity index (χ2n) is 6.76. The zero-order valence-electron chi connectivity index (χ0n) is 14.1. The summed E-state index contributed by atoms with van der Waals surface area (Å²) in [6, 6.07) is 18.8. The number of nitrogens with zero attached hydrogens (tertiary/aromatic N) is 1. The van der Waals surface area contributed by atoms with Gasteiger partial charge in [0.15, 0.2) is 0 Å². The third-order valence-corrected chi connectivity index (χ3v) is 5.07. The molecule has 4 rings (SSSR count). The van der Waals surface area contributed by atoms with Crippen molar-refractivity contribution in [2.24, 2.45) is 5.73 Å². The summed E-state index contributed by atoms with van der Waals surface area (Å²) in [6.07, 6.45) is 3.21. The van der Waals surface area contributed by atoms with Crippen molar-refractivity contribution >= 4 is 11.5 Å². The molecular formula is C21H22N2O2. The molecule has 4 heteroatoms. The van der Waals surface area contributed by atoms with E-state index in [0.29, 0.717) is 18.2 Å². The fourth-order valence-corrected chi connectivity index (χ4v) is 3.79. The van der Waals surface area contributed by atoms with Gasteiger partial charge in [0.25, 0.3) is 0 Å². The highest BCUT2D eigenvalue weighted by molar-refractivity contribution is 5.93. The molecule has 2 aliphatic heterocycles. The van der Waals surface area contributed by atoms with Gasteiger partial charge in [-0.15, -0.1) is 0 Å². The van der Waals surface area contributed by atoms with Crippen molar-refractivity contribution < 1.29 is 9.53 Å². The maximum Gasteiger partial charge on any atom is 0.248 e. The predicted molar refractivity (Wildman–Crippen MR) is 97.9 cm³/mol. The summed E-state index contributed by atoms with van der Waals surface area (Å²) in [5.41, 5.74) is 9.69. The summed E-state index contributed by atoms with van der Waals surface area (Å²) < 4.78 is 5.79. The van der Waals surface area contributed by atoms with Crippen LogP contribution in [0.15, 0.2) is 60.7 Å². The Bertz CT molecular complexity index is 801. The minimum atomic E-state index is -0.382. The average Bonchev–Trinajstić information content (AvgIpc) is 2.62. The number of hydrogen-bond acceptors (Lipinski definition) is 3. The Labute approximate surface area is 147 Å². The predicted octanol–water partition coefficient (Wildman–Crippen LogP) is 2.84. The van der Waals surface area contributed by atoms with Crippen LogP contribution >= 0.6 is 0 Å². The summed E-state index contributed by atoms with van der Waals surface area (Å²) in [6.45, 7) is 2.39. The standard InChI is InChI=1S/C21H22N2O2/c22-21(24)17-8-4-7-16(9-17)18-10-19-13-25-14-20(11-18)23(19)12-15-5-2-1-3-6-15/h1-10,19-20H,11-14H2,(H2,22,24). The summed E-state index contributed by atoms with van der Waals surface area (Å²) in [5, 5.41) is 0. The number of rotatable bonds is 4. The Balaban J connectivity index is 1.61. The zero-order valence-corrected chi connectivity index (χ0v) is 14.1. The van der Waals surface area contributed by atoms with Gasteiger partial charge in [0.05, 0.1) is 19.3 Å².